The Kier molecular flexibility index (Phi) is 8.97. The maximum atomic E-state index is 15.2. The van der Waals surface area contributed by atoms with Gasteiger partial charge in [0.15, 0.2) is 23.8 Å². The number of aromatic nitrogens is 3. The van der Waals surface area contributed by atoms with Crippen molar-refractivity contribution in [1.29, 1.82) is 5.26 Å². The largest absolute Gasteiger partial charge is 0.487 e. The van der Waals surface area contributed by atoms with Gasteiger partial charge in [0.05, 0.1) is 28.9 Å². The van der Waals surface area contributed by atoms with Crippen molar-refractivity contribution >= 4 is 33.7 Å². The maximum absolute atomic E-state index is 15.2. The standard InChI is InChI=1S/C31H34FN5O5/c1-8-12-36(6)23-18-21(32)17-22-26-27(20-9-10-24(41-15-14-39-7)25(16-20)40-13-11-33)34-19(2)35-29(26)37(28(22)23)30(38)42-31(3,4)5/h8-10,16-18H,1,12-15H2,2-7H3. The summed E-state index contributed by atoms with van der Waals surface area (Å²) < 4.78 is 38.9. The maximum Gasteiger partial charge on any atom is 0.420 e. The molecule has 4 rings (SSSR count). The number of rotatable bonds is 10. The summed E-state index contributed by atoms with van der Waals surface area (Å²) in [7, 11) is 3.35. The molecular weight excluding hydrogens is 541 g/mol. The highest BCUT2D eigenvalue weighted by Gasteiger charge is 2.29. The first kappa shape index (κ1) is 30.3. The highest BCUT2D eigenvalue weighted by molar-refractivity contribution is 6.19. The Morgan fingerprint density at radius 2 is 1.93 bits per heavy atom. The molecule has 0 aliphatic rings. The van der Waals surface area contributed by atoms with Crippen LogP contribution in [0.4, 0.5) is 14.9 Å². The minimum atomic E-state index is -0.802. The molecule has 2 aromatic carbocycles. The van der Waals surface area contributed by atoms with Crippen LogP contribution >= 0.6 is 0 Å². The molecule has 0 saturated heterocycles. The summed E-state index contributed by atoms with van der Waals surface area (Å²) >= 11 is 0. The number of carbonyl (C=O) groups excluding carboxylic acids is 1. The van der Waals surface area contributed by atoms with Crippen molar-refractivity contribution in [2.24, 2.45) is 0 Å². The molecule has 0 unspecified atom stereocenters. The second kappa shape index (κ2) is 12.4. The van der Waals surface area contributed by atoms with Gasteiger partial charge in [0.25, 0.3) is 0 Å². The van der Waals surface area contributed by atoms with E-state index >= 15 is 4.39 Å². The molecule has 4 aromatic rings. The van der Waals surface area contributed by atoms with Crippen molar-refractivity contribution in [3.8, 4) is 28.8 Å². The number of likely N-dealkylation sites (N-methyl/N-ethyl adjacent to an activating group) is 1. The molecule has 220 valence electrons. The number of nitrogens with zero attached hydrogens (tertiary/aromatic N) is 5. The minimum absolute atomic E-state index is 0.204. The zero-order valence-corrected chi connectivity index (χ0v) is 24.7. The molecule has 2 aromatic heterocycles. The molecule has 11 heteroatoms. The lowest BCUT2D eigenvalue weighted by atomic mass is 10.0. The summed E-state index contributed by atoms with van der Waals surface area (Å²) in [6.45, 7) is 11.7. The average Bonchev–Trinajstić information content (AvgIpc) is 3.24. The van der Waals surface area contributed by atoms with Crippen LogP contribution in [0.2, 0.25) is 0 Å². The van der Waals surface area contributed by atoms with Crippen molar-refractivity contribution < 1.29 is 28.1 Å². The number of hydrogen-bond donors (Lipinski definition) is 0. The number of fused-ring (bicyclic) bond motifs is 3. The molecule has 0 aliphatic heterocycles. The van der Waals surface area contributed by atoms with Gasteiger partial charge in [0.2, 0.25) is 0 Å². The van der Waals surface area contributed by atoms with E-state index in [1.807, 2.05) is 6.07 Å². The van der Waals surface area contributed by atoms with Gasteiger partial charge >= 0.3 is 6.09 Å². The molecule has 0 fully saturated rings. The second-order valence-electron chi connectivity index (χ2n) is 10.6. The van der Waals surface area contributed by atoms with E-state index in [1.165, 1.54) is 16.7 Å². The van der Waals surface area contributed by atoms with E-state index in [-0.39, 0.29) is 18.9 Å². The Morgan fingerprint density at radius 3 is 2.60 bits per heavy atom. The van der Waals surface area contributed by atoms with Crippen LogP contribution in [0.25, 0.3) is 33.2 Å². The van der Waals surface area contributed by atoms with Gasteiger partial charge in [-0.1, -0.05) is 6.08 Å². The molecular formula is C31H34FN5O5. The fourth-order valence-electron chi connectivity index (χ4n) is 4.59. The number of benzene rings is 2. The van der Waals surface area contributed by atoms with Gasteiger partial charge in [-0.25, -0.2) is 23.7 Å². The molecule has 0 aliphatic carbocycles. The van der Waals surface area contributed by atoms with Crippen molar-refractivity contribution in [2.75, 3.05) is 45.4 Å². The first-order chi connectivity index (χ1) is 20.0. The van der Waals surface area contributed by atoms with Crippen LogP contribution in [0.15, 0.2) is 43.0 Å². The van der Waals surface area contributed by atoms with Gasteiger partial charge in [-0.3, -0.25) is 0 Å². The highest BCUT2D eigenvalue weighted by atomic mass is 19.1. The van der Waals surface area contributed by atoms with Crippen LogP contribution in [0.3, 0.4) is 0 Å². The molecule has 0 bridgehead atoms. The summed E-state index contributed by atoms with van der Waals surface area (Å²) in [4.78, 5) is 24.9. The number of methoxy groups -OCH3 is 1. The summed E-state index contributed by atoms with van der Waals surface area (Å²) in [6, 6.07) is 9.88. The number of carbonyl (C=O) groups is 1. The molecule has 42 heavy (non-hydrogen) atoms. The Bertz CT molecular complexity index is 1690. The molecule has 0 amide bonds. The summed E-state index contributed by atoms with van der Waals surface area (Å²) in [5.41, 5.74) is 1.37. The predicted octanol–water partition coefficient (Wildman–Crippen LogP) is 6.03. The van der Waals surface area contributed by atoms with Gasteiger partial charge in [-0.05, 0) is 58.0 Å². The summed E-state index contributed by atoms with van der Waals surface area (Å²) in [5, 5.41) is 10.0. The van der Waals surface area contributed by atoms with E-state index in [0.717, 1.165) is 0 Å². The zero-order valence-electron chi connectivity index (χ0n) is 24.7. The molecule has 10 nitrogen and oxygen atoms in total. The monoisotopic (exact) mass is 575 g/mol. The van der Waals surface area contributed by atoms with Crippen LogP contribution in [0.1, 0.15) is 26.6 Å². The van der Waals surface area contributed by atoms with Crippen LogP contribution in [0.5, 0.6) is 11.5 Å². The lowest BCUT2D eigenvalue weighted by Gasteiger charge is -2.22. The molecule has 0 saturated carbocycles. The normalized spacial score (nSPS) is 11.4. The Balaban J connectivity index is 2.07. The first-order valence-electron chi connectivity index (χ1n) is 13.3. The fraction of sp³-hybridized carbons (Fsp3) is 0.355. The quantitative estimate of drug-likeness (QED) is 0.165. The number of aryl methyl sites for hydroxylation is 1. The molecule has 0 spiro atoms. The number of nitriles is 1. The van der Waals surface area contributed by atoms with E-state index in [4.69, 9.17) is 29.2 Å². The fourth-order valence-corrected chi connectivity index (χ4v) is 4.59. The number of halogens is 1. The Labute approximate surface area is 243 Å². The van der Waals surface area contributed by atoms with E-state index in [1.54, 1.807) is 71.0 Å². The van der Waals surface area contributed by atoms with E-state index in [2.05, 4.69) is 11.6 Å². The molecule has 0 radical (unpaired) electrons. The van der Waals surface area contributed by atoms with E-state index in [9.17, 15) is 4.79 Å². The Hall–Kier alpha value is -4.69. The lowest BCUT2D eigenvalue weighted by molar-refractivity contribution is 0.0550. The molecule has 0 atom stereocenters. The smallest absolute Gasteiger partial charge is 0.420 e. The number of hydrogen-bond acceptors (Lipinski definition) is 9. The predicted molar refractivity (Wildman–Crippen MR) is 159 cm³/mol. The van der Waals surface area contributed by atoms with Gasteiger partial charge < -0.3 is 23.8 Å². The van der Waals surface area contributed by atoms with Gasteiger partial charge in [-0.2, -0.15) is 5.26 Å². The Morgan fingerprint density at radius 1 is 1.17 bits per heavy atom. The second-order valence-corrected chi connectivity index (χ2v) is 10.6. The van der Waals surface area contributed by atoms with Crippen molar-refractivity contribution in [3.05, 3.63) is 54.6 Å². The summed E-state index contributed by atoms with van der Waals surface area (Å²) in [6.07, 6.45) is 1.03. The topological polar surface area (TPSA) is 112 Å². The van der Waals surface area contributed by atoms with E-state index in [0.29, 0.717) is 63.7 Å². The lowest BCUT2D eigenvalue weighted by Crippen LogP contribution is -2.28. The van der Waals surface area contributed by atoms with Gasteiger partial charge in [0.1, 0.15) is 29.9 Å². The van der Waals surface area contributed by atoms with E-state index < -0.39 is 17.5 Å². The van der Waals surface area contributed by atoms with Crippen LogP contribution in [-0.2, 0) is 9.47 Å². The van der Waals surface area contributed by atoms with Crippen LogP contribution in [-0.4, -0.2) is 66.8 Å². The third-order valence-corrected chi connectivity index (χ3v) is 6.21. The van der Waals surface area contributed by atoms with Gasteiger partial charge in [-0.15, -0.1) is 6.58 Å². The SMILES string of the molecule is C=CCN(C)c1cc(F)cc2c3c(-c4ccc(OCCOC)c(OCC#N)c4)nc(C)nc3n(C(=O)OC(C)(C)C)c12. The first-order valence-corrected chi connectivity index (χ1v) is 13.3. The number of anilines is 1. The molecule has 2 heterocycles. The minimum Gasteiger partial charge on any atom is -0.487 e. The zero-order chi connectivity index (χ0) is 30.6. The van der Waals surface area contributed by atoms with Crippen molar-refractivity contribution in [3.63, 3.8) is 0 Å². The summed E-state index contributed by atoms with van der Waals surface area (Å²) in [5.74, 6) is 0.626. The van der Waals surface area contributed by atoms with Crippen molar-refractivity contribution in [2.45, 2.75) is 33.3 Å². The third kappa shape index (κ3) is 6.29. The highest BCUT2D eigenvalue weighted by Crippen LogP contribution is 2.41. The third-order valence-electron chi connectivity index (χ3n) is 6.21. The van der Waals surface area contributed by atoms with Gasteiger partial charge in [0, 0.05) is 31.7 Å². The van der Waals surface area contributed by atoms with Crippen LogP contribution in [0, 0.1) is 24.1 Å². The number of ether oxygens (including phenoxy) is 4. The van der Waals surface area contributed by atoms with Crippen LogP contribution < -0.4 is 14.4 Å². The van der Waals surface area contributed by atoms with Crippen molar-refractivity contribution in [1.82, 2.24) is 14.5 Å². The average molecular weight is 576 g/mol. The molecule has 0 N–H and O–H groups in total.